The summed E-state index contributed by atoms with van der Waals surface area (Å²) in [4.78, 5) is 8.17. The van der Waals surface area contributed by atoms with Crippen molar-refractivity contribution in [3.8, 4) is 28.3 Å². The lowest BCUT2D eigenvalue weighted by molar-refractivity contribution is 1.29. The monoisotopic (exact) mass is 960 g/mol. The largest absolute Gasteiger partial charge is 0.311 e. The van der Waals surface area contributed by atoms with Crippen molar-refractivity contribution in [2.24, 2.45) is 0 Å². The van der Waals surface area contributed by atoms with Crippen molar-refractivity contribution < 1.29 is 0 Å². The van der Waals surface area contributed by atoms with Gasteiger partial charge in [-0.25, -0.2) is 4.85 Å². The highest BCUT2D eigenvalue weighted by Gasteiger charge is 2.19. The maximum atomic E-state index is 9.57. The fourth-order valence-electron chi connectivity index (χ4n) is 9.37. The summed E-state index contributed by atoms with van der Waals surface area (Å²) in [5.41, 5.74) is 14.4. The van der Waals surface area contributed by atoms with Crippen molar-refractivity contribution in [3.63, 3.8) is 0 Å². The van der Waals surface area contributed by atoms with Crippen LogP contribution in [0, 0.1) is 17.9 Å². The van der Waals surface area contributed by atoms with Crippen LogP contribution in [-0.4, -0.2) is 16.1 Å². The average Bonchev–Trinajstić information content (AvgIpc) is 3.40. The fraction of sp³-hybridized carbons (Fsp3) is 0.0909. The predicted molar refractivity (Wildman–Crippen MR) is 314 cm³/mol. The van der Waals surface area contributed by atoms with Crippen LogP contribution < -0.4 is 20.2 Å². The molecular formula is C66H56N4Si2. The Balaban J connectivity index is 0.893. The molecule has 0 unspecified atom stereocenters. The van der Waals surface area contributed by atoms with Gasteiger partial charge in [0.25, 0.3) is 0 Å². The van der Waals surface area contributed by atoms with Crippen LogP contribution in [-0.2, 0) is 0 Å². The van der Waals surface area contributed by atoms with Gasteiger partial charge in [-0.15, -0.1) is 0 Å². The zero-order chi connectivity index (χ0) is 50.0. The highest BCUT2D eigenvalue weighted by Crippen LogP contribution is 2.40. The molecular weight excluding hydrogens is 905 g/mol. The summed E-state index contributed by atoms with van der Waals surface area (Å²) in [6, 6.07) is 80.1. The molecule has 0 fully saturated rings. The first-order chi connectivity index (χ1) is 34.8. The molecule has 4 nitrogen and oxygen atoms in total. The van der Waals surface area contributed by atoms with E-state index in [0.717, 1.165) is 66.8 Å². The lowest BCUT2D eigenvalue weighted by atomic mass is 10.0. The molecule has 0 aliphatic rings. The summed E-state index contributed by atoms with van der Waals surface area (Å²) < 4.78 is 0. The van der Waals surface area contributed by atoms with Crippen LogP contribution in [0.2, 0.25) is 39.3 Å². The molecule has 0 atom stereocenters. The van der Waals surface area contributed by atoms with Crippen molar-refractivity contribution in [3.05, 3.63) is 246 Å². The molecule has 0 heterocycles. The molecule has 10 aromatic carbocycles. The first-order valence-electron chi connectivity index (χ1n) is 24.6. The van der Waals surface area contributed by atoms with E-state index in [1.807, 2.05) is 48.5 Å². The molecule has 10 rings (SSSR count). The van der Waals surface area contributed by atoms with Gasteiger partial charge in [-0.1, -0.05) is 183 Å². The number of hydrogen-bond donors (Lipinski definition) is 0. The summed E-state index contributed by atoms with van der Waals surface area (Å²) in [6.07, 6.45) is 4.37. The van der Waals surface area contributed by atoms with E-state index in [1.54, 1.807) is 0 Å². The van der Waals surface area contributed by atoms with E-state index in [9.17, 15) is 5.26 Å². The van der Waals surface area contributed by atoms with E-state index in [0.29, 0.717) is 11.3 Å². The summed E-state index contributed by atoms with van der Waals surface area (Å²) >= 11 is 0. The number of nitriles is 1. The number of rotatable bonds is 12. The quantitative estimate of drug-likeness (QED) is 0.0695. The Morgan fingerprint density at radius 1 is 0.375 bits per heavy atom. The second-order valence-corrected chi connectivity index (χ2v) is 30.8. The lowest BCUT2D eigenvalue weighted by Gasteiger charge is -2.26. The van der Waals surface area contributed by atoms with E-state index in [1.165, 1.54) is 32.6 Å². The Labute approximate surface area is 426 Å². The Hall–Kier alpha value is -8.53. The number of fused-ring (bicyclic) bond motifs is 2. The molecule has 0 saturated heterocycles. The molecule has 10 aromatic rings. The van der Waals surface area contributed by atoms with Gasteiger partial charge >= 0.3 is 0 Å². The highest BCUT2D eigenvalue weighted by molar-refractivity contribution is 6.89. The minimum Gasteiger partial charge on any atom is -0.311 e. The normalized spacial score (nSPS) is 11.7. The fourth-order valence-corrected chi connectivity index (χ4v) is 11.7. The molecule has 6 heteroatoms. The van der Waals surface area contributed by atoms with E-state index >= 15 is 0 Å². The second kappa shape index (κ2) is 19.7. The summed E-state index contributed by atoms with van der Waals surface area (Å²) in [5.74, 6) is 0. The van der Waals surface area contributed by atoms with Gasteiger partial charge in [0, 0.05) is 34.1 Å². The summed E-state index contributed by atoms with van der Waals surface area (Å²) in [7, 11) is -2.76. The molecule has 0 aromatic heterocycles. The van der Waals surface area contributed by atoms with Crippen LogP contribution in [0.5, 0.6) is 0 Å². The zero-order valence-electron chi connectivity index (χ0n) is 41.7. The topological polar surface area (TPSA) is 34.6 Å². The van der Waals surface area contributed by atoms with E-state index in [4.69, 9.17) is 6.57 Å². The maximum Gasteiger partial charge on any atom is 0.187 e. The van der Waals surface area contributed by atoms with E-state index in [-0.39, 0.29) is 0 Å². The minimum absolute atomic E-state index is 0.618. The van der Waals surface area contributed by atoms with Gasteiger partial charge in [-0.3, -0.25) is 0 Å². The third kappa shape index (κ3) is 10.2. The number of benzene rings is 10. The number of anilines is 6. The van der Waals surface area contributed by atoms with Gasteiger partial charge in [0.15, 0.2) is 5.69 Å². The van der Waals surface area contributed by atoms with E-state index < -0.39 is 16.1 Å². The first-order valence-corrected chi connectivity index (χ1v) is 31.6. The van der Waals surface area contributed by atoms with Gasteiger partial charge in [-0.05, 0) is 152 Å². The first kappa shape index (κ1) is 47.2. The maximum absolute atomic E-state index is 9.57. The standard InChI is InChI=1S/C66H56N4Si2/c1-68-58-26-36-62(37-27-58)70(61-32-18-51(19-33-61)53-24-40-66(41-25-53)72(5,6)7)64-35-21-55-43-48(11-15-57(55)45-64)9-8-47-10-14-56-44-63(34-20-54(56)42-47)69(59-28-12-49(46-67)13-29-59)60-30-16-50(17-31-60)52-22-38-65(39-23-52)71(2,3)4/h8-45H,2-7H3/b9-8+. The zero-order valence-corrected chi connectivity index (χ0v) is 43.7. The van der Waals surface area contributed by atoms with Gasteiger partial charge in [0.2, 0.25) is 0 Å². The average molecular weight is 961 g/mol. The molecule has 0 radical (unpaired) electrons. The predicted octanol–water partition coefficient (Wildman–Crippen LogP) is 17.9. The molecule has 0 aliphatic carbocycles. The molecule has 348 valence electrons. The van der Waals surface area contributed by atoms with Crippen LogP contribution >= 0.6 is 0 Å². The van der Waals surface area contributed by atoms with Crippen molar-refractivity contribution in [1.82, 2.24) is 0 Å². The number of hydrogen-bond acceptors (Lipinski definition) is 3. The molecule has 0 N–H and O–H groups in total. The van der Waals surface area contributed by atoms with Crippen molar-refractivity contribution in [2.75, 3.05) is 9.80 Å². The molecule has 72 heavy (non-hydrogen) atoms. The Morgan fingerprint density at radius 3 is 1.03 bits per heavy atom. The second-order valence-electron chi connectivity index (χ2n) is 20.6. The van der Waals surface area contributed by atoms with Gasteiger partial charge in [-0.2, -0.15) is 5.26 Å². The Kier molecular flexibility index (Phi) is 12.9. The highest BCUT2D eigenvalue weighted by atomic mass is 28.3. The number of nitrogens with zero attached hydrogens (tertiary/aromatic N) is 4. The van der Waals surface area contributed by atoms with Crippen LogP contribution in [0.1, 0.15) is 16.7 Å². The van der Waals surface area contributed by atoms with Gasteiger partial charge in [0.1, 0.15) is 0 Å². The molecule has 0 bridgehead atoms. The van der Waals surface area contributed by atoms with Crippen LogP contribution in [0.15, 0.2) is 218 Å². The minimum atomic E-state index is -1.38. The van der Waals surface area contributed by atoms with Gasteiger partial charge < -0.3 is 9.80 Å². The third-order valence-electron chi connectivity index (χ3n) is 13.6. The summed E-state index contributed by atoms with van der Waals surface area (Å²) in [6.45, 7) is 21.8. The SMILES string of the molecule is [C-]#[N+]c1ccc(N(c2ccc(-c3ccc([Si](C)(C)C)cc3)cc2)c2ccc3cc(/C=C/c4ccc5cc(N(c6ccc(C#N)cc6)c6ccc(-c7ccc([Si](C)(C)C)cc7)cc6)ccc5c4)ccc3c2)cc1. The summed E-state index contributed by atoms with van der Waals surface area (Å²) in [5, 5.41) is 17.1. The van der Waals surface area contributed by atoms with Crippen molar-refractivity contribution >= 4 is 100 Å². The molecule has 0 spiro atoms. The Morgan fingerprint density at radius 2 is 0.681 bits per heavy atom. The van der Waals surface area contributed by atoms with E-state index in [2.05, 4.69) is 242 Å². The smallest absolute Gasteiger partial charge is 0.187 e. The van der Waals surface area contributed by atoms with Crippen LogP contribution in [0.25, 0.3) is 60.8 Å². The molecule has 0 saturated carbocycles. The van der Waals surface area contributed by atoms with Crippen molar-refractivity contribution in [2.45, 2.75) is 39.3 Å². The van der Waals surface area contributed by atoms with Crippen LogP contribution in [0.4, 0.5) is 39.8 Å². The lowest BCUT2D eigenvalue weighted by Crippen LogP contribution is -2.37. The van der Waals surface area contributed by atoms with Crippen LogP contribution in [0.3, 0.4) is 0 Å². The Bertz CT molecular complexity index is 3440. The third-order valence-corrected chi connectivity index (χ3v) is 17.7. The molecule has 0 aliphatic heterocycles. The molecule has 0 amide bonds. The van der Waals surface area contributed by atoms with Gasteiger partial charge in [0.05, 0.1) is 34.4 Å². The van der Waals surface area contributed by atoms with Crippen molar-refractivity contribution in [1.29, 1.82) is 5.26 Å².